The average Bonchev–Trinajstić information content (AvgIpc) is 3.81. The predicted molar refractivity (Wildman–Crippen MR) is 222 cm³/mol. The maximum absolute atomic E-state index is 13.5. The van der Waals surface area contributed by atoms with E-state index in [0.717, 1.165) is 22.3 Å². The number of nitrogens with two attached hydrogens (primary N) is 2. The highest BCUT2D eigenvalue weighted by Gasteiger charge is 2.50. The van der Waals surface area contributed by atoms with Gasteiger partial charge in [0.1, 0.15) is 48.3 Å². The number of carboxylic acids is 1. The third-order valence-corrected chi connectivity index (χ3v) is 10.6. The second-order valence-corrected chi connectivity index (χ2v) is 14.9. The SMILES string of the molecule is CN[C@H](CCN=C(N)N)[C@@H](C(=O)O)C(=O)OC[C@@H]1O[C@H](Oc2ccc3c(=O)c(-c4ccc(O)cc4)coc3c2)[C@@H](ON2CC3=CC=NC3=C2c2cc(C)cc(C)c2)[C@H](O)[C@H]1O. The number of nitrogens with zero attached hydrogens (tertiary/aromatic N) is 3. The number of phenols is 1. The lowest BCUT2D eigenvalue weighted by atomic mass is 9.96. The monoisotopic (exact) mass is 838 g/mol. The van der Waals surface area contributed by atoms with Gasteiger partial charge in [0.15, 0.2) is 23.4 Å². The molecule has 18 heteroatoms. The molecule has 0 amide bonds. The molecule has 3 aromatic carbocycles. The molecule has 61 heavy (non-hydrogen) atoms. The van der Waals surface area contributed by atoms with Crippen molar-refractivity contribution in [3.8, 4) is 22.6 Å². The van der Waals surface area contributed by atoms with Crippen LogP contribution in [0.3, 0.4) is 0 Å². The van der Waals surface area contributed by atoms with Crippen molar-refractivity contribution >= 4 is 40.8 Å². The van der Waals surface area contributed by atoms with Crippen molar-refractivity contribution < 1.29 is 53.5 Å². The number of aromatic hydroxyl groups is 1. The number of aliphatic hydroxyl groups is 2. The van der Waals surface area contributed by atoms with E-state index in [1.807, 2.05) is 38.1 Å². The second-order valence-electron chi connectivity index (χ2n) is 14.9. The standard InChI is InChI=1S/C43H46N6O12/c1-21-14-22(2)16-25(15-21)35-34-24(10-12-47-34)18-49(35)61-39-38(53)37(52)32(20-58-41(56)33(40(54)55)30(46-3)11-13-48-43(44)45)60-42(39)59-27-8-9-28-31(17-27)57-19-29(36(28)51)23-4-6-26(50)7-5-23/h4-10,12,14-17,19,30,32-33,37-39,42,46,50,52-53H,11,13,18,20H2,1-3H3,(H,54,55)(H4,44,45,48)/t30-,32+,33+,37+,38-,39+,42+/m1/s1. The van der Waals surface area contributed by atoms with Crippen LogP contribution in [0.5, 0.6) is 11.5 Å². The van der Waals surface area contributed by atoms with Crippen molar-refractivity contribution in [3.05, 3.63) is 111 Å². The molecule has 7 atom stereocenters. The molecular formula is C43H46N6O12. The molecule has 0 radical (unpaired) electrons. The van der Waals surface area contributed by atoms with Crippen molar-refractivity contribution in [2.24, 2.45) is 27.4 Å². The molecule has 0 aliphatic carbocycles. The van der Waals surface area contributed by atoms with Crippen LogP contribution in [0.15, 0.2) is 103 Å². The molecule has 18 nitrogen and oxygen atoms in total. The van der Waals surface area contributed by atoms with Gasteiger partial charge in [-0.3, -0.25) is 29.2 Å². The molecule has 0 unspecified atom stereocenters. The summed E-state index contributed by atoms with van der Waals surface area (Å²) in [5, 5.41) is 47.5. The van der Waals surface area contributed by atoms with E-state index in [2.05, 4.69) is 15.3 Å². The van der Waals surface area contributed by atoms with Crippen LogP contribution in [0.1, 0.15) is 23.1 Å². The van der Waals surface area contributed by atoms with Crippen LogP contribution >= 0.6 is 0 Å². The minimum Gasteiger partial charge on any atom is -0.508 e. The number of aliphatic hydroxyl groups excluding tert-OH is 2. The number of phenolic OH excluding ortho intramolecular Hbond substituents is 1. The summed E-state index contributed by atoms with van der Waals surface area (Å²) in [5.41, 5.74) is 16.3. The summed E-state index contributed by atoms with van der Waals surface area (Å²) < 4.78 is 23.8. The van der Waals surface area contributed by atoms with Crippen molar-refractivity contribution in [2.75, 3.05) is 26.7 Å². The average molecular weight is 839 g/mol. The van der Waals surface area contributed by atoms with Crippen LogP contribution < -0.4 is 26.9 Å². The normalized spacial score (nSPS) is 21.8. The highest BCUT2D eigenvalue weighted by Crippen LogP contribution is 2.40. The van der Waals surface area contributed by atoms with Gasteiger partial charge in [-0.05, 0) is 75.4 Å². The summed E-state index contributed by atoms with van der Waals surface area (Å²) >= 11 is 0. The molecule has 3 aliphatic heterocycles. The third-order valence-electron chi connectivity index (χ3n) is 10.6. The molecule has 320 valence electrons. The van der Waals surface area contributed by atoms with Gasteiger partial charge in [-0.1, -0.05) is 29.3 Å². The Balaban J connectivity index is 1.18. The number of nitrogens with one attached hydrogen (secondary N) is 1. The molecule has 7 rings (SSSR count). The Labute approximate surface area is 349 Å². The fourth-order valence-corrected chi connectivity index (χ4v) is 7.59. The number of ether oxygens (including phenoxy) is 3. The molecule has 3 aliphatic rings. The van der Waals surface area contributed by atoms with Gasteiger partial charge >= 0.3 is 11.9 Å². The minimum atomic E-state index is -1.73. The van der Waals surface area contributed by atoms with Crippen molar-refractivity contribution in [1.82, 2.24) is 10.4 Å². The number of benzene rings is 3. The van der Waals surface area contributed by atoms with Gasteiger partial charge in [0.2, 0.25) is 6.29 Å². The largest absolute Gasteiger partial charge is 0.508 e. The van der Waals surface area contributed by atoms with Crippen molar-refractivity contribution in [2.45, 2.75) is 57.0 Å². The fourth-order valence-electron chi connectivity index (χ4n) is 7.59. The summed E-state index contributed by atoms with van der Waals surface area (Å²) in [4.78, 5) is 54.1. The van der Waals surface area contributed by atoms with Crippen LogP contribution in [0, 0.1) is 19.8 Å². The molecule has 4 aromatic rings. The number of aryl methyl sites for hydroxylation is 2. The van der Waals surface area contributed by atoms with E-state index in [4.69, 9.17) is 34.9 Å². The quantitative estimate of drug-likeness (QED) is 0.0391. The van der Waals surface area contributed by atoms with Crippen LogP contribution in [0.25, 0.3) is 27.8 Å². The minimum absolute atomic E-state index is 0.0300. The Hall–Kier alpha value is -6.57. The molecule has 9 N–H and O–H groups in total. The Morgan fingerprint density at radius 2 is 1.77 bits per heavy atom. The molecule has 1 saturated heterocycles. The summed E-state index contributed by atoms with van der Waals surface area (Å²) in [6, 6.07) is 15.6. The molecule has 1 aromatic heterocycles. The molecular weight excluding hydrogens is 793 g/mol. The van der Waals surface area contributed by atoms with Crippen LogP contribution in [-0.2, 0) is 23.9 Å². The van der Waals surface area contributed by atoms with E-state index in [-0.39, 0.29) is 58.9 Å². The first-order chi connectivity index (χ1) is 29.2. The maximum Gasteiger partial charge on any atom is 0.322 e. The predicted octanol–water partition coefficient (Wildman–Crippen LogP) is 2.10. The van der Waals surface area contributed by atoms with Crippen LogP contribution in [0.2, 0.25) is 0 Å². The van der Waals surface area contributed by atoms with E-state index in [1.165, 1.54) is 43.6 Å². The lowest BCUT2D eigenvalue weighted by Gasteiger charge is -2.43. The van der Waals surface area contributed by atoms with Gasteiger partial charge in [0.05, 0.1) is 28.9 Å². The highest BCUT2D eigenvalue weighted by atomic mass is 16.8. The number of carbonyl (C=O) groups excluding carboxylic acids is 1. The first-order valence-electron chi connectivity index (χ1n) is 19.4. The van der Waals surface area contributed by atoms with Crippen molar-refractivity contribution in [3.63, 3.8) is 0 Å². The first-order valence-corrected chi connectivity index (χ1v) is 19.4. The zero-order chi connectivity index (χ0) is 43.5. The lowest BCUT2D eigenvalue weighted by Crippen LogP contribution is -2.62. The number of hydroxylamine groups is 2. The number of hydrogen-bond acceptors (Lipinski definition) is 15. The lowest BCUT2D eigenvalue weighted by molar-refractivity contribution is -0.323. The van der Waals surface area contributed by atoms with Gasteiger partial charge < -0.3 is 55.8 Å². The molecule has 0 saturated carbocycles. The van der Waals surface area contributed by atoms with Gasteiger partial charge in [-0.2, -0.15) is 0 Å². The number of fused-ring (bicyclic) bond motifs is 2. The van der Waals surface area contributed by atoms with E-state index in [9.17, 15) is 34.8 Å². The summed E-state index contributed by atoms with van der Waals surface area (Å²) in [6.45, 7) is 3.50. The first kappa shape index (κ1) is 42.6. The second kappa shape index (κ2) is 18.0. The molecule has 0 spiro atoms. The molecule has 0 bridgehead atoms. The number of guanidine groups is 1. The number of aliphatic carboxylic acids is 1. The number of allylic oxidation sites excluding steroid dienone is 1. The molecule has 1 fully saturated rings. The zero-order valence-corrected chi connectivity index (χ0v) is 33.4. The number of carbonyl (C=O) groups is 2. The Morgan fingerprint density at radius 1 is 1.03 bits per heavy atom. The van der Waals surface area contributed by atoms with Crippen molar-refractivity contribution in [1.29, 1.82) is 0 Å². The van der Waals surface area contributed by atoms with Gasteiger partial charge in [0.25, 0.3) is 0 Å². The number of hydrogen-bond donors (Lipinski definition) is 7. The highest BCUT2D eigenvalue weighted by molar-refractivity contribution is 5.95. The smallest absolute Gasteiger partial charge is 0.322 e. The topological polar surface area (TPSA) is 274 Å². The number of esters is 1. The number of rotatable bonds is 15. The van der Waals surface area contributed by atoms with Gasteiger partial charge in [-0.25, -0.2) is 5.06 Å². The van der Waals surface area contributed by atoms with Crippen LogP contribution in [-0.4, -0.2) is 113 Å². The van der Waals surface area contributed by atoms with E-state index in [0.29, 0.717) is 17.0 Å². The van der Waals surface area contributed by atoms with E-state index >= 15 is 0 Å². The van der Waals surface area contributed by atoms with E-state index in [1.54, 1.807) is 23.4 Å². The Bertz CT molecular complexity index is 2480. The summed E-state index contributed by atoms with van der Waals surface area (Å²) in [6.07, 6.45) is -2.93. The Kier molecular flexibility index (Phi) is 12.5. The summed E-state index contributed by atoms with van der Waals surface area (Å²) in [7, 11) is 1.47. The Morgan fingerprint density at radius 3 is 2.46 bits per heavy atom. The fraction of sp³-hybridized carbons (Fsp3) is 0.326. The van der Waals surface area contributed by atoms with E-state index < -0.39 is 61.2 Å². The number of aliphatic imine (C=N–C) groups is 2. The number of carboxylic acid groups (broad SMARTS) is 1. The third kappa shape index (κ3) is 9.13. The van der Waals surface area contributed by atoms with Gasteiger partial charge in [0, 0.05) is 36.0 Å². The summed E-state index contributed by atoms with van der Waals surface area (Å²) in [5.74, 6) is -4.35. The zero-order valence-electron chi connectivity index (χ0n) is 33.4. The maximum atomic E-state index is 13.5. The molecule has 4 heterocycles. The van der Waals surface area contributed by atoms with Gasteiger partial charge in [-0.15, -0.1) is 0 Å². The van der Waals surface area contributed by atoms with Crippen LogP contribution in [0.4, 0.5) is 0 Å².